The lowest BCUT2D eigenvalue weighted by Gasteiger charge is -2.16. The van der Waals surface area contributed by atoms with Gasteiger partial charge in [0, 0.05) is 32.3 Å². The molecule has 3 nitrogen and oxygen atoms in total. The predicted octanol–water partition coefficient (Wildman–Crippen LogP) is 1.23. The van der Waals surface area contributed by atoms with Crippen molar-refractivity contribution in [3.63, 3.8) is 0 Å². The number of nitrogens with zero attached hydrogens (tertiary/aromatic N) is 1. The van der Waals surface area contributed by atoms with E-state index in [1.807, 2.05) is 0 Å². The van der Waals surface area contributed by atoms with Crippen molar-refractivity contribution >= 4 is 0 Å². The van der Waals surface area contributed by atoms with Gasteiger partial charge >= 0.3 is 0 Å². The predicted molar refractivity (Wildman–Crippen MR) is 69.8 cm³/mol. The van der Waals surface area contributed by atoms with Gasteiger partial charge in [0.2, 0.25) is 0 Å². The van der Waals surface area contributed by atoms with Gasteiger partial charge in [-0.3, -0.25) is 4.90 Å². The monoisotopic (exact) mass is 234 g/mol. The van der Waals surface area contributed by atoms with Crippen LogP contribution < -0.4 is 5.32 Å². The van der Waals surface area contributed by atoms with E-state index in [1.165, 1.54) is 18.5 Å². The zero-order valence-electron chi connectivity index (χ0n) is 10.3. The van der Waals surface area contributed by atoms with E-state index >= 15 is 0 Å². The molecule has 1 saturated heterocycles. The van der Waals surface area contributed by atoms with Gasteiger partial charge in [0.25, 0.3) is 0 Å². The molecule has 1 fully saturated rings. The van der Waals surface area contributed by atoms with Crippen molar-refractivity contribution in [2.24, 2.45) is 0 Å². The SMILES string of the molecule is OCCCN[C@@H]1CCN(Cc2ccccc2)C1. The Morgan fingerprint density at radius 2 is 2.12 bits per heavy atom. The van der Waals surface area contributed by atoms with Gasteiger partial charge in [-0.25, -0.2) is 0 Å². The molecule has 0 saturated carbocycles. The second-order valence-electron chi connectivity index (χ2n) is 4.74. The van der Waals surface area contributed by atoms with Crippen molar-refractivity contribution < 1.29 is 5.11 Å². The summed E-state index contributed by atoms with van der Waals surface area (Å²) in [5.41, 5.74) is 1.39. The summed E-state index contributed by atoms with van der Waals surface area (Å²) in [6.07, 6.45) is 2.08. The van der Waals surface area contributed by atoms with Crippen LogP contribution in [-0.2, 0) is 6.54 Å². The molecule has 1 aromatic rings. The smallest absolute Gasteiger partial charge is 0.0443 e. The number of hydrogen-bond acceptors (Lipinski definition) is 3. The Labute approximate surface area is 103 Å². The molecular formula is C14H22N2O. The third-order valence-electron chi connectivity index (χ3n) is 3.29. The van der Waals surface area contributed by atoms with E-state index < -0.39 is 0 Å². The number of benzene rings is 1. The maximum Gasteiger partial charge on any atom is 0.0443 e. The number of likely N-dealkylation sites (tertiary alicyclic amines) is 1. The number of nitrogens with one attached hydrogen (secondary N) is 1. The van der Waals surface area contributed by atoms with Crippen LogP contribution in [0.4, 0.5) is 0 Å². The van der Waals surface area contributed by atoms with Gasteiger partial charge in [0.1, 0.15) is 0 Å². The molecule has 2 rings (SSSR count). The maximum atomic E-state index is 8.74. The number of rotatable bonds is 6. The highest BCUT2D eigenvalue weighted by Gasteiger charge is 2.21. The lowest BCUT2D eigenvalue weighted by molar-refractivity contribution is 0.280. The minimum absolute atomic E-state index is 0.285. The van der Waals surface area contributed by atoms with Gasteiger partial charge in [0.15, 0.2) is 0 Å². The van der Waals surface area contributed by atoms with Crippen LogP contribution in [0.2, 0.25) is 0 Å². The molecule has 1 aliphatic heterocycles. The third kappa shape index (κ3) is 4.11. The van der Waals surface area contributed by atoms with E-state index in [4.69, 9.17) is 5.11 Å². The molecule has 0 unspecified atom stereocenters. The average molecular weight is 234 g/mol. The van der Waals surface area contributed by atoms with Crippen molar-refractivity contribution in [2.75, 3.05) is 26.2 Å². The summed E-state index contributed by atoms with van der Waals surface area (Å²) in [7, 11) is 0. The summed E-state index contributed by atoms with van der Waals surface area (Å²) in [6, 6.07) is 11.2. The molecule has 1 aromatic carbocycles. The standard InChI is InChI=1S/C14H22N2O/c17-10-4-8-15-14-7-9-16(12-14)11-13-5-2-1-3-6-13/h1-3,5-6,14-15,17H,4,7-12H2/t14-/m1/s1. The van der Waals surface area contributed by atoms with Crippen molar-refractivity contribution in [1.82, 2.24) is 10.2 Å². The van der Waals surface area contributed by atoms with Gasteiger partial charge in [-0.1, -0.05) is 30.3 Å². The molecule has 1 atom stereocenters. The molecule has 94 valence electrons. The second-order valence-corrected chi connectivity index (χ2v) is 4.74. The molecule has 0 aromatic heterocycles. The first kappa shape index (κ1) is 12.6. The number of aliphatic hydroxyl groups excluding tert-OH is 1. The maximum absolute atomic E-state index is 8.74. The molecule has 0 amide bonds. The fourth-order valence-corrected chi connectivity index (χ4v) is 2.37. The van der Waals surface area contributed by atoms with Gasteiger partial charge in [-0.2, -0.15) is 0 Å². The Hall–Kier alpha value is -0.900. The summed E-state index contributed by atoms with van der Waals surface area (Å²) < 4.78 is 0. The van der Waals surface area contributed by atoms with Crippen LogP contribution in [0.1, 0.15) is 18.4 Å². The second kappa shape index (κ2) is 6.74. The lowest BCUT2D eigenvalue weighted by Crippen LogP contribution is -2.33. The zero-order valence-corrected chi connectivity index (χ0v) is 10.3. The van der Waals surface area contributed by atoms with Gasteiger partial charge in [-0.05, 0) is 24.9 Å². The average Bonchev–Trinajstić information content (AvgIpc) is 2.79. The number of hydrogen-bond donors (Lipinski definition) is 2. The first-order valence-corrected chi connectivity index (χ1v) is 6.49. The first-order valence-electron chi connectivity index (χ1n) is 6.49. The van der Waals surface area contributed by atoms with E-state index in [2.05, 4.69) is 40.5 Å². The normalized spacial score (nSPS) is 20.9. The third-order valence-corrected chi connectivity index (χ3v) is 3.29. The zero-order chi connectivity index (χ0) is 11.9. The van der Waals surface area contributed by atoms with E-state index in [-0.39, 0.29) is 6.61 Å². The highest BCUT2D eigenvalue weighted by Crippen LogP contribution is 2.13. The highest BCUT2D eigenvalue weighted by atomic mass is 16.3. The van der Waals surface area contributed by atoms with Crippen LogP contribution in [0.15, 0.2) is 30.3 Å². The quantitative estimate of drug-likeness (QED) is 0.727. The van der Waals surface area contributed by atoms with Crippen molar-refractivity contribution in [1.29, 1.82) is 0 Å². The molecular weight excluding hydrogens is 212 g/mol. The molecule has 1 heterocycles. The van der Waals surface area contributed by atoms with E-state index in [0.717, 1.165) is 26.1 Å². The van der Waals surface area contributed by atoms with Gasteiger partial charge < -0.3 is 10.4 Å². The van der Waals surface area contributed by atoms with Gasteiger partial charge in [-0.15, -0.1) is 0 Å². The first-order chi connectivity index (χ1) is 8.38. The summed E-state index contributed by atoms with van der Waals surface area (Å²) in [4.78, 5) is 2.49. The molecule has 0 aliphatic carbocycles. The summed E-state index contributed by atoms with van der Waals surface area (Å²) in [6.45, 7) is 4.57. The lowest BCUT2D eigenvalue weighted by atomic mass is 10.2. The summed E-state index contributed by atoms with van der Waals surface area (Å²) >= 11 is 0. The Kier molecular flexibility index (Phi) is 4.98. The van der Waals surface area contributed by atoms with Crippen molar-refractivity contribution in [2.45, 2.75) is 25.4 Å². The van der Waals surface area contributed by atoms with Crippen LogP contribution >= 0.6 is 0 Å². The highest BCUT2D eigenvalue weighted by molar-refractivity contribution is 5.14. The largest absolute Gasteiger partial charge is 0.396 e. The van der Waals surface area contributed by atoms with E-state index in [9.17, 15) is 0 Å². The van der Waals surface area contributed by atoms with Crippen LogP contribution in [0.25, 0.3) is 0 Å². The van der Waals surface area contributed by atoms with Crippen LogP contribution in [0, 0.1) is 0 Å². The Bertz CT molecular complexity index is 315. The van der Waals surface area contributed by atoms with Crippen LogP contribution in [0.3, 0.4) is 0 Å². The minimum atomic E-state index is 0.285. The fourth-order valence-electron chi connectivity index (χ4n) is 2.37. The minimum Gasteiger partial charge on any atom is -0.396 e. The Morgan fingerprint density at radius 3 is 2.88 bits per heavy atom. The van der Waals surface area contributed by atoms with Crippen LogP contribution in [-0.4, -0.2) is 42.3 Å². The number of aliphatic hydroxyl groups is 1. The molecule has 0 bridgehead atoms. The fraction of sp³-hybridized carbons (Fsp3) is 0.571. The molecule has 0 spiro atoms. The molecule has 0 radical (unpaired) electrons. The van der Waals surface area contributed by atoms with Crippen molar-refractivity contribution in [3.05, 3.63) is 35.9 Å². The molecule has 1 aliphatic rings. The van der Waals surface area contributed by atoms with E-state index in [1.54, 1.807) is 0 Å². The van der Waals surface area contributed by atoms with Crippen molar-refractivity contribution in [3.8, 4) is 0 Å². The van der Waals surface area contributed by atoms with Crippen LogP contribution in [0.5, 0.6) is 0 Å². The molecule has 17 heavy (non-hydrogen) atoms. The Balaban J connectivity index is 1.71. The molecule has 2 N–H and O–H groups in total. The summed E-state index contributed by atoms with van der Waals surface area (Å²) in [5.74, 6) is 0. The topological polar surface area (TPSA) is 35.5 Å². The molecule has 3 heteroatoms. The van der Waals surface area contributed by atoms with E-state index in [0.29, 0.717) is 6.04 Å². The Morgan fingerprint density at radius 1 is 1.29 bits per heavy atom. The summed E-state index contributed by atoms with van der Waals surface area (Å²) in [5, 5.41) is 12.2. The van der Waals surface area contributed by atoms with Gasteiger partial charge in [0.05, 0.1) is 0 Å².